The van der Waals surface area contributed by atoms with Crippen molar-refractivity contribution in [2.45, 2.75) is 119 Å². The number of amides is 2. The first kappa shape index (κ1) is 34.0. The quantitative estimate of drug-likeness (QED) is 0.0966. The van der Waals surface area contributed by atoms with Crippen molar-refractivity contribution in [2.24, 2.45) is 11.8 Å². The second-order valence-corrected chi connectivity index (χ2v) is 22.6. The van der Waals surface area contributed by atoms with E-state index in [1.165, 1.54) is 99.2 Å². The van der Waals surface area contributed by atoms with Gasteiger partial charge in [-0.2, -0.15) is 0 Å². The number of hydrogen-bond donors (Lipinski definition) is 0. The molecule has 4 aromatic rings. The van der Waals surface area contributed by atoms with E-state index in [1.54, 1.807) is 21.7 Å². The fourth-order valence-corrected chi connectivity index (χ4v) is 20.7. The molecule has 6 heterocycles. The maximum Gasteiger partial charge on any atom is 0.268 e. The van der Waals surface area contributed by atoms with E-state index in [0.717, 1.165) is 37.0 Å². The maximum absolute atomic E-state index is 14.2. The molecule has 0 aliphatic carbocycles. The number of carbonyl (C=O) groups is 2. The molecule has 0 spiro atoms. The number of anilines is 1. The zero-order chi connectivity index (χ0) is 32.9. The van der Waals surface area contributed by atoms with Crippen LogP contribution in [0, 0.1) is 39.5 Å². The zero-order valence-electron chi connectivity index (χ0n) is 28.9. The molecule has 8 heteroatoms. The third-order valence-corrected chi connectivity index (χ3v) is 21.1. The number of fused-ring (bicyclic) bond motifs is 4. The predicted molar refractivity (Wildman–Crippen MR) is 207 cm³/mol. The molecule has 246 valence electrons. The van der Waals surface area contributed by atoms with Gasteiger partial charge in [-0.3, -0.25) is 9.59 Å². The molecular formula is C38H49NO2S4Si. The maximum atomic E-state index is 14.2. The van der Waals surface area contributed by atoms with Gasteiger partial charge in [-0.1, -0.05) is 79.1 Å². The SMILES string of the molecule is CCCCC(CC)C[Si]1(CC(CC)CCCC)c2cc(C)sc2-c2sc(-c3sc(C)c4c3C(=O)N(c3sc(C)cc3C)C4=O)cc21. The Bertz CT molecular complexity index is 1750. The fourth-order valence-electron chi connectivity index (χ4n) is 8.14. The largest absolute Gasteiger partial charge is 0.268 e. The molecule has 2 amide bonds. The topological polar surface area (TPSA) is 37.4 Å². The molecule has 2 aliphatic heterocycles. The third kappa shape index (κ3) is 5.68. The monoisotopic (exact) mass is 707 g/mol. The van der Waals surface area contributed by atoms with Crippen molar-refractivity contribution in [3.8, 4) is 19.5 Å². The molecule has 0 saturated carbocycles. The standard InChI is InChI=1S/C38H49NO2S4Si/c1-9-13-15-26(11-3)20-46(21-27(12-4)16-14-10-2)29-18-24(7)42-34(29)35-30(46)19-28(45-35)33-32-31(25(8)44-33)36(40)39(37(32)41)38-22(5)17-23(6)43-38/h17-19,26-27H,9-16,20-21H2,1-8H3. The van der Waals surface area contributed by atoms with Crippen LogP contribution < -0.4 is 15.3 Å². The number of imide groups is 1. The number of rotatable bonds is 14. The van der Waals surface area contributed by atoms with Gasteiger partial charge in [-0.15, -0.1) is 45.3 Å². The van der Waals surface area contributed by atoms with Gasteiger partial charge >= 0.3 is 0 Å². The summed E-state index contributed by atoms with van der Waals surface area (Å²) in [6.45, 7) is 17.8. The number of nitrogens with zero attached hydrogens (tertiary/aromatic N) is 1. The van der Waals surface area contributed by atoms with E-state index in [-0.39, 0.29) is 11.8 Å². The number of aryl methyl sites for hydroxylation is 4. The molecule has 0 radical (unpaired) electrons. The summed E-state index contributed by atoms with van der Waals surface area (Å²) < 4.78 is 0. The van der Waals surface area contributed by atoms with E-state index in [0.29, 0.717) is 11.1 Å². The van der Waals surface area contributed by atoms with Crippen LogP contribution >= 0.6 is 45.3 Å². The number of hydrogen-bond acceptors (Lipinski definition) is 6. The van der Waals surface area contributed by atoms with E-state index >= 15 is 0 Å². The molecule has 2 unspecified atom stereocenters. The Morgan fingerprint density at radius 3 is 1.80 bits per heavy atom. The van der Waals surface area contributed by atoms with Gasteiger partial charge in [0, 0.05) is 29.3 Å². The number of carbonyl (C=O) groups excluding carboxylic acids is 2. The van der Waals surface area contributed by atoms with E-state index < -0.39 is 8.07 Å². The van der Waals surface area contributed by atoms with Crippen molar-refractivity contribution in [1.29, 1.82) is 0 Å². The lowest BCUT2D eigenvalue weighted by molar-refractivity contribution is 0.0927. The highest BCUT2D eigenvalue weighted by Crippen LogP contribution is 2.51. The average molecular weight is 708 g/mol. The van der Waals surface area contributed by atoms with Crippen LogP contribution in [0.1, 0.15) is 120 Å². The van der Waals surface area contributed by atoms with Crippen molar-refractivity contribution >= 4 is 80.6 Å². The molecule has 6 rings (SSSR count). The molecule has 46 heavy (non-hydrogen) atoms. The smallest absolute Gasteiger partial charge is 0.268 e. The minimum Gasteiger partial charge on any atom is -0.268 e. The normalized spacial score (nSPS) is 18.4. The average Bonchev–Trinajstić information content (AvgIpc) is 3.85. The minimum absolute atomic E-state index is 0.148. The van der Waals surface area contributed by atoms with Gasteiger partial charge in [-0.25, -0.2) is 4.90 Å². The summed E-state index contributed by atoms with van der Waals surface area (Å²) in [6.07, 6.45) is 10.3. The predicted octanol–water partition coefficient (Wildman–Crippen LogP) is 11.6. The van der Waals surface area contributed by atoms with E-state index in [1.807, 2.05) is 43.4 Å². The molecule has 2 atom stereocenters. The Hall–Kier alpha value is -1.84. The van der Waals surface area contributed by atoms with Crippen LogP contribution in [0.25, 0.3) is 19.5 Å². The summed E-state index contributed by atoms with van der Waals surface area (Å²) in [7, 11) is -2.09. The van der Waals surface area contributed by atoms with Crippen LogP contribution in [0.3, 0.4) is 0 Å². The van der Waals surface area contributed by atoms with Crippen molar-refractivity contribution < 1.29 is 9.59 Å². The van der Waals surface area contributed by atoms with E-state index in [2.05, 4.69) is 52.8 Å². The van der Waals surface area contributed by atoms with Gasteiger partial charge in [-0.05, 0) is 85.8 Å². The highest BCUT2D eigenvalue weighted by atomic mass is 32.1. The molecule has 2 aliphatic rings. The van der Waals surface area contributed by atoms with Crippen LogP contribution in [0.2, 0.25) is 12.1 Å². The Labute approximate surface area is 293 Å². The summed E-state index contributed by atoms with van der Waals surface area (Å²) in [5.74, 6) is 1.19. The Morgan fingerprint density at radius 2 is 1.24 bits per heavy atom. The highest BCUT2D eigenvalue weighted by Gasteiger charge is 2.50. The van der Waals surface area contributed by atoms with Crippen LogP contribution in [0.4, 0.5) is 5.00 Å². The van der Waals surface area contributed by atoms with E-state index in [4.69, 9.17) is 0 Å². The minimum atomic E-state index is -2.09. The molecular weight excluding hydrogens is 659 g/mol. The van der Waals surface area contributed by atoms with E-state index in [9.17, 15) is 9.59 Å². The van der Waals surface area contributed by atoms with Gasteiger partial charge < -0.3 is 0 Å². The third-order valence-electron chi connectivity index (χ3n) is 10.5. The summed E-state index contributed by atoms with van der Waals surface area (Å²) in [5.41, 5.74) is 2.25. The Morgan fingerprint density at radius 1 is 0.674 bits per heavy atom. The highest BCUT2D eigenvalue weighted by molar-refractivity contribution is 7.32. The number of unbranched alkanes of at least 4 members (excludes halogenated alkanes) is 2. The van der Waals surface area contributed by atoms with Gasteiger partial charge in [0.15, 0.2) is 0 Å². The first-order valence-corrected chi connectivity index (χ1v) is 23.1. The van der Waals surface area contributed by atoms with Gasteiger partial charge in [0.25, 0.3) is 11.8 Å². The summed E-state index contributed by atoms with van der Waals surface area (Å²) >= 11 is 7.08. The second-order valence-electron chi connectivity index (χ2n) is 13.8. The first-order valence-electron chi connectivity index (χ1n) is 17.4. The first-order chi connectivity index (χ1) is 22.1. The Balaban J connectivity index is 1.49. The van der Waals surface area contributed by atoms with Crippen molar-refractivity contribution in [3.05, 3.63) is 49.5 Å². The molecule has 0 aromatic carbocycles. The van der Waals surface area contributed by atoms with Crippen molar-refractivity contribution in [1.82, 2.24) is 0 Å². The Kier molecular flexibility index (Phi) is 10.0. The van der Waals surface area contributed by atoms with Crippen LogP contribution in [-0.2, 0) is 0 Å². The molecule has 4 aromatic heterocycles. The second kappa shape index (κ2) is 13.6. The van der Waals surface area contributed by atoms with Gasteiger partial charge in [0.2, 0.25) is 0 Å². The lowest BCUT2D eigenvalue weighted by Crippen LogP contribution is -2.56. The summed E-state index contributed by atoms with van der Waals surface area (Å²) in [5, 5.41) is 4.12. The van der Waals surface area contributed by atoms with Gasteiger partial charge in [0.05, 0.1) is 16.0 Å². The molecule has 0 fully saturated rings. The van der Waals surface area contributed by atoms with Crippen molar-refractivity contribution in [3.63, 3.8) is 0 Å². The zero-order valence-corrected chi connectivity index (χ0v) is 33.1. The van der Waals surface area contributed by atoms with Gasteiger partial charge in [0.1, 0.15) is 13.1 Å². The number of thiophene rings is 4. The lowest BCUT2D eigenvalue weighted by atomic mass is 10.0. The summed E-state index contributed by atoms with van der Waals surface area (Å²) in [6, 6.07) is 9.85. The van der Waals surface area contributed by atoms with Crippen molar-refractivity contribution in [2.75, 3.05) is 4.90 Å². The summed E-state index contributed by atoms with van der Waals surface area (Å²) in [4.78, 5) is 38.2. The molecule has 3 nitrogen and oxygen atoms in total. The fraction of sp³-hybridized carbons (Fsp3) is 0.526. The molecule has 0 N–H and O–H groups in total. The molecule has 0 saturated heterocycles. The van der Waals surface area contributed by atoms with Crippen LogP contribution in [-0.4, -0.2) is 19.9 Å². The van der Waals surface area contributed by atoms with Crippen LogP contribution in [0.15, 0.2) is 18.2 Å². The molecule has 0 bridgehead atoms. The lowest BCUT2D eigenvalue weighted by Gasteiger charge is -2.35. The van der Waals surface area contributed by atoms with Crippen LogP contribution in [0.5, 0.6) is 0 Å².